The smallest absolute Gasteiger partial charge is 0.254 e. The molecule has 0 unspecified atom stereocenters. The van der Waals surface area contributed by atoms with Gasteiger partial charge in [0.15, 0.2) is 0 Å². The van der Waals surface area contributed by atoms with E-state index in [4.69, 9.17) is 0 Å². The van der Waals surface area contributed by atoms with E-state index in [9.17, 15) is 4.79 Å². The molecule has 0 radical (unpaired) electrons. The number of carbonyl (C=O) groups is 1. The molecule has 2 aromatic rings. The molecule has 0 spiro atoms. The lowest BCUT2D eigenvalue weighted by molar-refractivity contribution is 0.0936. The minimum Gasteiger partial charge on any atom is -0.352 e. The number of aromatic amines is 1. The maximum Gasteiger partial charge on any atom is 0.254 e. The molecule has 3 rings (SSSR count). The summed E-state index contributed by atoms with van der Waals surface area (Å²) in [6.45, 7) is 4.22. The molecule has 24 heavy (non-hydrogen) atoms. The summed E-state index contributed by atoms with van der Waals surface area (Å²) >= 11 is 0. The molecule has 2 heterocycles. The first-order valence-corrected chi connectivity index (χ1v) is 8.84. The van der Waals surface area contributed by atoms with E-state index in [2.05, 4.69) is 50.7 Å². The minimum absolute atomic E-state index is 0.0333. The van der Waals surface area contributed by atoms with E-state index in [1.807, 2.05) is 0 Å². The normalized spacial score (nSPS) is 16.2. The zero-order valence-electron chi connectivity index (χ0n) is 14.1. The molecular weight excluding hydrogens is 300 g/mol. The molecule has 5 nitrogen and oxygen atoms in total. The van der Waals surface area contributed by atoms with Crippen LogP contribution in [0, 0.1) is 5.92 Å². The summed E-state index contributed by atoms with van der Waals surface area (Å²) < 4.78 is 0. The predicted octanol–water partition coefficient (Wildman–Crippen LogP) is 2.48. The Morgan fingerprint density at radius 2 is 2.04 bits per heavy atom. The number of amides is 1. The number of hydrogen-bond donors (Lipinski definition) is 2. The number of aryl methyl sites for hydroxylation is 1. The van der Waals surface area contributed by atoms with Gasteiger partial charge in [-0.3, -0.25) is 9.89 Å². The molecule has 0 saturated carbocycles. The summed E-state index contributed by atoms with van der Waals surface area (Å²) in [5, 5.41) is 9.49. The third kappa shape index (κ3) is 4.93. The third-order valence-electron chi connectivity index (χ3n) is 4.80. The Kier molecular flexibility index (Phi) is 6.01. The van der Waals surface area contributed by atoms with Crippen molar-refractivity contribution in [3.05, 3.63) is 53.9 Å². The van der Waals surface area contributed by atoms with Gasteiger partial charge < -0.3 is 10.2 Å². The average Bonchev–Trinajstić information content (AvgIpc) is 3.16. The second kappa shape index (κ2) is 8.64. The van der Waals surface area contributed by atoms with Crippen LogP contribution in [0.3, 0.4) is 0 Å². The molecule has 0 bridgehead atoms. The van der Waals surface area contributed by atoms with Crippen molar-refractivity contribution in [2.75, 3.05) is 26.2 Å². The highest BCUT2D eigenvalue weighted by atomic mass is 16.1. The lowest BCUT2D eigenvalue weighted by atomic mass is 9.96. The Labute approximate surface area is 143 Å². The number of rotatable bonds is 7. The molecule has 1 fully saturated rings. The van der Waals surface area contributed by atoms with Gasteiger partial charge in [0.25, 0.3) is 5.91 Å². The topological polar surface area (TPSA) is 61.0 Å². The number of nitrogens with one attached hydrogen (secondary N) is 2. The lowest BCUT2D eigenvalue weighted by Gasteiger charge is -2.32. The number of piperidine rings is 1. The molecule has 1 amide bonds. The molecule has 128 valence electrons. The number of carbonyl (C=O) groups excluding carboxylic acids is 1. The quantitative estimate of drug-likeness (QED) is 0.822. The summed E-state index contributed by atoms with van der Waals surface area (Å²) in [7, 11) is 0. The van der Waals surface area contributed by atoms with E-state index in [-0.39, 0.29) is 5.91 Å². The standard InChI is InChI=1S/C19H26N4O/c24-19(18-14-21-22-15-18)20-13-17-8-11-23(12-9-17)10-4-7-16-5-2-1-3-6-16/h1-3,5-6,14-15,17H,4,7-13H2,(H,20,24)(H,21,22). The predicted molar refractivity (Wildman–Crippen MR) is 94.8 cm³/mol. The van der Waals surface area contributed by atoms with Crippen LogP contribution in [0.2, 0.25) is 0 Å². The van der Waals surface area contributed by atoms with Crippen molar-refractivity contribution in [1.29, 1.82) is 0 Å². The van der Waals surface area contributed by atoms with Crippen LogP contribution >= 0.6 is 0 Å². The van der Waals surface area contributed by atoms with E-state index in [0.717, 1.165) is 38.9 Å². The van der Waals surface area contributed by atoms with Crippen molar-refractivity contribution in [2.24, 2.45) is 5.92 Å². The van der Waals surface area contributed by atoms with Crippen molar-refractivity contribution < 1.29 is 4.79 Å². The molecule has 5 heteroatoms. The number of benzene rings is 1. The Balaban J connectivity index is 1.30. The number of likely N-dealkylation sites (tertiary alicyclic amines) is 1. The van der Waals surface area contributed by atoms with Crippen LogP contribution in [0.4, 0.5) is 0 Å². The van der Waals surface area contributed by atoms with Crippen molar-refractivity contribution in [3.8, 4) is 0 Å². The van der Waals surface area contributed by atoms with Crippen molar-refractivity contribution in [1.82, 2.24) is 20.4 Å². The molecule has 1 aromatic heterocycles. The van der Waals surface area contributed by atoms with Gasteiger partial charge in [-0.05, 0) is 56.8 Å². The number of hydrogen-bond acceptors (Lipinski definition) is 3. The Hall–Kier alpha value is -2.14. The molecule has 1 aromatic carbocycles. The van der Waals surface area contributed by atoms with Crippen LogP contribution in [-0.2, 0) is 6.42 Å². The second-order valence-corrected chi connectivity index (χ2v) is 6.57. The van der Waals surface area contributed by atoms with E-state index < -0.39 is 0 Å². The van der Waals surface area contributed by atoms with Crippen LogP contribution in [0.5, 0.6) is 0 Å². The average molecular weight is 326 g/mol. The fraction of sp³-hybridized carbons (Fsp3) is 0.474. The van der Waals surface area contributed by atoms with Gasteiger partial charge >= 0.3 is 0 Å². The highest BCUT2D eigenvalue weighted by Crippen LogP contribution is 2.17. The van der Waals surface area contributed by atoms with Gasteiger partial charge in [0.05, 0.1) is 11.8 Å². The molecule has 1 aliphatic heterocycles. The molecule has 1 saturated heterocycles. The van der Waals surface area contributed by atoms with Gasteiger partial charge in [0.2, 0.25) is 0 Å². The van der Waals surface area contributed by atoms with Gasteiger partial charge in [-0.25, -0.2) is 0 Å². The van der Waals surface area contributed by atoms with Gasteiger partial charge in [-0.2, -0.15) is 5.10 Å². The molecular formula is C19H26N4O. The summed E-state index contributed by atoms with van der Waals surface area (Å²) in [4.78, 5) is 14.5. The monoisotopic (exact) mass is 326 g/mol. The number of nitrogens with zero attached hydrogens (tertiary/aromatic N) is 2. The maximum atomic E-state index is 11.9. The fourth-order valence-corrected chi connectivity index (χ4v) is 3.28. The highest BCUT2D eigenvalue weighted by molar-refractivity contribution is 5.93. The molecule has 2 N–H and O–H groups in total. The maximum absolute atomic E-state index is 11.9. The van der Waals surface area contributed by atoms with Crippen LogP contribution in [0.15, 0.2) is 42.7 Å². The third-order valence-corrected chi connectivity index (χ3v) is 4.80. The van der Waals surface area contributed by atoms with Crippen LogP contribution in [0.1, 0.15) is 35.2 Å². The van der Waals surface area contributed by atoms with Gasteiger partial charge in [0.1, 0.15) is 0 Å². The zero-order valence-corrected chi connectivity index (χ0v) is 14.1. The highest BCUT2D eigenvalue weighted by Gasteiger charge is 2.19. The van der Waals surface area contributed by atoms with Gasteiger partial charge in [-0.15, -0.1) is 0 Å². The van der Waals surface area contributed by atoms with E-state index in [1.165, 1.54) is 18.5 Å². The minimum atomic E-state index is -0.0333. The molecule has 0 aliphatic carbocycles. The molecule has 0 atom stereocenters. The Morgan fingerprint density at radius 1 is 1.25 bits per heavy atom. The lowest BCUT2D eigenvalue weighted by Crippen LogP contribution is -2.39. The van der Waals surface area contributed by atoms with Crippen molar-refractivity contribution in [3.63, 3.8) is 0 Å². The Bertz CT molecular complexity index is 604. The van der Waals surface area contributed by atoms with Gasteiger partial charge in [-0.1, -0.05) is 30.3 Å². The van der Waals surface area contributed by atoms with E-state index in [0.29, 0.717) is 11.5 Å². The zero-order chi connectivity index (χ0) is 16.6. The van der Waals surface area contributed by atoms with Crippen LogP contribution in [0.25, 0.3) is 0 Å². The first-order chi connectivity index (χ1) is 11.8. The summed E-state index contributed by atoms with van der Waals surface area (Å²) in [6, 6.07) is 10.7. The van der Waals surface area contributed by atoms with E-state index in [1.54, 1.807) is 12.4 Å². The van der Waals surface area contributed by atoms with Gasteiger partial charge in [0, 0.05) is 12.7 Å². The molecule has 1 aliphatic rings. The first-order valence-electron chi connectivity index (χ1n) is 8.84. The summed E-state index contributed by atoms with van der Waals surface area (Å²) in [5.41, 5.74) is 2.03. The van der Waals surface area contributed by atoms with Crippen LogP contribution in [-0.4, -0.2) is 47.2 Å². The van der Waals surface area contributed by atoms with Crippen molar-refractivity contribution in [2.45, 2.75) is 25.7 Å². The summed E-state index contributed by atoms with van der Waals surface area (Å²) in [5.74, 6) is 0.556. The van der Waals surface area contributed by atoms with Crippen LogP contribution < -0.4 is 5.32 Å². The second-order valence-electron chi connectivity index (χ2n) is 6.57. The number of H-pyrrole nitrogens is 1. The largest absolute Gasteiger partial charge is 0.352 e. The van der Waals surface area contributed by atoms with Crippen molar-refractivity contribution >= 4 is 5.91 Å². The number of aromatic nitrogens is 2. The first kappa shape index (κ1) is 16.7. The van der Waals surface area contributed by atoms with E-state index >= 15 is 0 Å². The summed E-state index contributed by atoms with van der Waals surface area (Å²) in [6.07, 6.45) is 7.89. The SMILES string of the molecule is O=C(NCC1CCN(CCCc2ccccc2)CC1)c1cn[nH]c1. The fourth-order valence-electron chi connectivity index (χ4n) is 3.28. The Morgan fingerprint density at radius 3 is 2.75 bits per heavy atom.